The van der Waals surface area contributed by atoms with Crippen molar-refractivity contribution in [2.75, 3.05) is 6.54 Å². The Morgan fingerprint density at radius 3 is 2.59 bits per heavy atom. The van der Waals surface area contributed by atoms with E-state index < -0.39 is 0 Å². The molecule has 4 aromatic rings. The van der Waals surface area contributed by atoms with Gasteiger partial charge in [-0.2, -0.15) is 4.89 Å². The zero-order chi connectivity index (χ0) is 23.3. The SMILES string of the molecule is CC(C)OOc1cc2sc(-c3ccccc3)nc2cc1CN[C@H]1CCCN[C@H]1c1ccccc1. The molecule has 0 amide bonds. The summed E-state index contributed by atoms with van der Waals surface area (Å²) in [5, 5.41) is 8.50. The third kappa shape index (κ3) is 5.31. The Morgan fingerprint density at radius 1 is 1.06 bits per heavy atom. The number of aromatic nitrogens is 1. The average molecular weight is 474 g/mol. The molecule has 0 aliphatic carbocycles. The van der Waals surface area contributed by atoms with Gasteiger partial charge in [-0.05, 0) is 44.9 Å². The summed E-state index contributed by atoms with van der Waals surface area (Å²) in [4.78, 5) is 16.3. The van der Waals surface area contributed by atoms with E-state index in [-0.39, 0.29) is 6.10 Å². The van der Waals surface area contributed by atoms with Gasteiger partial charge in [0.05, 0.1) is 16.3 Å². The Kier molecular flexibility index (Phi) is 7.21. The van der Waals surface area contributed by atoms with E-state index >= 15 is 0 Å². The van der Waals surface area contributed by atoms with Crippen molar-refractivity contribution in [2.45, 2.75) is 51.4 Å². The van der Waals surface area contributed by atoms with Gasteiger partial charge in [0, 0.05) is 35.8 Å². The third-order valence-corrected chi connectivity index (χ3v) is 7.16. The summed E-state index contributed by atoms with van der Waals surface area (Å²) in [5.41, 5.74) is 4.49. The van der Waals surface area contributed by atoms with Crippen molar-refractivity contribution in [1.82, 2.24) is 15.6 Å². The number of fused-ring (bicyclic) bond motifs is 1. The maximum atomic E-state index is 5.80. The molecular formula is C28H31N3O2S. The van der Waals surface area contributed by atoms with E-state index in [2.05, 4.69) is 65.2 Å². The third-order valence-electron chi connectivity index (χ3n) is 6.09. The largest absolute Gasteiger partial charge is 0.337 e. The van der Waals surface area contributed by atoms with Crippen LogP contribution in [0.5, 0.6) is 5.75 Å². The smallest absolute Gasteiger partial charge is 0.171 e. The molecule has 0 bridgehead atoms. The molecular weight excluding hydrogens is 442 g/mol. The van der Waals surface area contributed by atoms with Crippen molar-refractivity contribution < 1.29 is 9.78 Å². The van der Waals surface area contributed by atoms with Gasteiger partial charge in [0.15, 0.2) is 5.75 Å². The molecule has 0 spiro atoms. The molecule has 2 atom stereocenters. The Hall–Kier alpha value is -2.77. The lowest BCUT2D eigenvalue weighted by molar-refractivity contribution is -0.235. The summed E-state index contributed by atoms with van der Waals surface area (Å²) in [6, 6.07) is 25.8. The highest BCUT2D eigenvalue weighted by Crippen LogP contribution is 2.35. The molecule has 6 heteroatoms. The first-order chi connectivity index (χ1) is 16.7. The van der Waals surface area contributed by atoms with Crippen molar-refractivity contribution in [2.24, 2.45) is 0 Å². The lowest BCUT2D eigenvalue weighted by atomic mass is 9.92. The Balaban J connectivity index is 1.41. The zero-order valence-corrected chi connectivity index (χ0v) is 20.5. The van der Waals surface area contributed by atoms with Crippen LogP contribution in [0, 0.1) is 0 Å². The molecule has 1 aliphatic heterocycles. The highest BCUT2D eigenvalue weighted by Gasteiger charge is 2.26. The summed E-state index contributed by atoms with van der Waals surface area (Å²) in [6.45, 7) is 5.66. The van der Waals surface area contributed by atoms with Gasteiger partial charge in [-0.25, -0.2) is 4.98 Å². The van der Waals surface area contributed by atoms with Crippen LogP contribution in [0.1, 0.15) is 43.9 Å². The second-order valence-corrected chi connectivity index (χ2v) is 10.0. The van der Waals surface area contributed by atoms with Gasteiger partial charge in [-0.3, -0.25) is 0 Å². The standard InChI is InChI=1S/C28H31N3O2S/c1-19(2)32-33-25-17-26-24(31-28(34-26)21-12-7-4-8-13-21)16-22(25)18-30-23-14-9-15-29-27(23)20-10-5-3-6-11-20/h3-8,10-13,16-17,19,23,27,29-30H,9,14-15,18H2,1-2H3/t23-,27-/m0/s1. The highest BCUT2D eigenvalue weighted by atomic mass is 32.1. The summed E-state index contributed by atoms with van der Waals surface area (Å²) in [6.07, 6.45) is 2.26. The molecule has 0 unspecified atom stereocenters. The molecule has 1 saturated heterocycles. The molecule has 176 valence electrons. The number of piperidine rings is 1. The Morgan fingerprint density at radius 2 is 1.82 bits per heavy atom. The predicted molar refractivity (Wildman–Crippen MR) is 139 cm³/mol. The van der Waals surface area contributed by atoms with Crippen LogP contribution in [0.4, 0.5) is 0 Å². The van der Waals surface area contributed by atoms with Gasteiger partial charge in [-0.15, -0.1) is 11.3 Å². The molecule has 2 N–H and O–H groups in total. The number of nitrogens with zero attached hydrogens (tertiary/aromatic N) is 1. The van der Waals surface area contributed by atoms with Crippen LogP contribution < -0.4 is 15.5 Å². The summed E-state index contributed by atoms with van der Waals surface area (Å²) in [7, 11) is 0. The first kappa shape index (κ1) is 23.0. The zero-order valence-electron chi connectivity index (χ0n) is 19.7. The van der Waals surface area contributed by atoms with Gasteiger partial charge in [0.1, 0.15) is 5.01 Å². The van der Waals surface area contributed by atoms with Gasteiger partial charge >= 0.3 is 0 Å². The lowest BCUT2D eigenvalue weighted by Crippen LogP contribution is -2.45. The number of rotatable bonds is 8. The fourth-order valence-electron chi connectivity index (χ4n) is 4.43. The minimum atomic E-state index is -0.0251. The van der Waals surface area contributed by atoms with Crippen molar-refractivity contribution >= 4 is 21.6 Å². The molecule has 0 radical (unpaired) electrons. The average Bonchev–Trinajstić information content (AvgIpc) is 3.30. The minimum Gasteiger partial charge on any atom is -0.337 e. The van der Waals surface area contributed by atoms with Gasteiger partial charge in [0.25, 0.3) is 0 Å². The maximum Gasteiger partial charge on any atom is 0.171 e. The van der Waals surface area contributed by atoms with Crippen LogP contribution in [-0.4, -0.2) is 23.7 Å². The molecule has 0 saturated carbocycles. The van der Waals surface area contributed by atoms with E-state index in [1.807, 2.05) is 32.0 Å². The molecule has 3 aromatic carbocycles. The number of benzene rings is 3. The first-order valence-corrected chi connectivity index (χ1v) is 12.8. The van der Waals surface area contributed by atoms with E-state index in [1.165, 1.54) is 5.56 Å². The molecule has 34 heavy (non-hydrogen) atoms. The Labute approximate surface area is 205 Å². The minimum absolute atomic E-state index is 0.0251. The number of nitrogens with one attached hydrogen (secondary N) is 2. The van der Waals surface area contributed by atoms with Crippen molar-refractivity contribution in [3.8, 4) is 16.3 Å². The van der Waals surface area contributed by atoms with E-state index in [1.54, 1.807) is 11.3 Å². The fraction of sp³-hybridized carbons (Fsp3) is 0.321. The lowest BCUT2D eigenvalue weighted by Gasteiger charge is -2.34. The molecule has 2 heterocycles. The van der Waals surface area contributed by atoms with Crippen LogP contribution in [0.15, 0.2) is 72.8 Å². The molecule has 1 aliphatic rings. The van der Waals surface area contributed by atoms with Crippen molar-refractivity contribution in [3.63, 3.8) is 0 Å². The van der Waals surface area contributed by atoms with Crippen molar-refractivity contribution in [1.29, 1.82) is 0 Å². The number of thiazole rings is 1. The predicted octanol–water partition coefficient (Wildman–Crippen LogP) is 6.27. The van der Waals surface area contributed by atoms with E-state index in [4.69, 9.17) is 14.8 Å². The quantitative estimate of drug-likeness (QED) is 0.233. The van der Waals surface area contributed by atoms with Crippen molar-refractivity contribution in [3.05, 3.63) is 83.9 Å². The Bertz CT molecular complexity index is 1210. The number of hydrogen-bond donors (Lipinski definition) is 2. The fourth-order valence-corrected chi connectivity index (χ4v) is 5.41. The molecule has 1 aromatic heterocycles. The number of hydrogen-bond acceptors (Lipinski definition) is 6. The van der Waals surface area contributed by atoms with E-state index in [0.717, 1.165) is 51.5 Å². The summed E-state index contributed by atoms with van der Waals surface area (Å²) in [5.74, 6) is 0.747. The molecule has 5 nitrogen and oxygen atoms in total. The van der Waals surface area contributed by atoms with Gasteiger partial charge in [-0.1, -0.05) is 60.7 Å². The van der Waals surface area contributed by atoms with Crippen LogP contribution in [0.2, 0.25) is 0 Å². The summed E-state index contributed by atoms with van der Waals surface area (Å²) < 4.78 is 1.09. The van der Waals surface area contributed by atoms with Crippen LogP contribution in [0.25, 0.3) is 20.8 Å². The van der Waals surface area contributed by atoms with Gasteiger partial charge in [0.2, 0.25) is 0 Å². The highest BCUT2D eigenvalue weighted by molar-refractivity contribution is 7.21. The first-order valence-electron chi connectivity index (χ1n) is 12.0. The van der Waals surface area contributed by atoms with Gasteiger partial charge < -0.3 is 15.5 Å². The normalized spacial score (nSPS) is 18.4. The van der Waals surface area contributed by atoms with E-state index in [0.29, 0.717) is 18.6 Å². The topological polar surface area (TPSA) is 55.4 Å². The maximum absolute atomic E-state index is 5.80. The van der Waals surface area contributed by atoms with Crippen LogP contribution in [-0.2, 0) is 11.4 Å². The van der Waals surface area contributed by atoms with Crippen LogP contribution >= 0.6 is 11.3 Å². The molecule has 1 fully saturated rings. The van der Waals surface area contributed by atoms with Crippen LogP contribution in [0.3, 0.4) is 0 Å². The summed E-state index contributed by atoms with van der Waals surface area (Å²) >= 11 is 1.67. The second kappa shape index (κ2) is 10.7. The second-order valence-electron chi connectivity index (χ2n) is 9.01. The molecule has 5 rings (SSSR count). The van der Waals surface area contributed by atoms with E-state index in [9.17, 15) is 0 Å². The monoisotopic (exact) mass is 473 g/mol.